The highest BCUT2D eigenvalue weighted by Crippen LogP contribution is 2.42. The van der Waals surface area contributed by atoms with Gasteiger partial charge in [0, 0.05) is 32.3 Å². The fourth-order valence-electron chi connectivity index (χ4n) is 5.87. The van der Waals surface area contributed by atoms with E-state index in [4.69, 9.17) is 9.16 Å². The van der Waals surface area contributed by atoms with Gasteiger partial charge in [0.05, 0.1) is 18.2 Å². The maximum atomic E-state index is 13.6. The lowest BCUT2D eigenvalue weighted by atomic mass is 9.91. The molecular weight excluding hydrogens is 524 g/mol. The predicted molar refractivity (Wildman–Crippen MR) is 156 cm³/mol. The van der Waals surface area contributed by atoms with Crippen molar-refractivity contribution >= 4 is 37.1 Å². The van der Waals surface area contributed by atoms with Gasteiger partial charge in [-0.1, -0.05) is 20.8 Å². The van der Waals surface area contributed by atoms with E-state index in [2.05, 4.69) is 38.8 Å². The van der Waals surface area contributed by atoms with Gasteiger partial charge in [0.25, 0.3) is 5.91 Å². The Morgan fingerprint density at radius 2 is 1.70 bits per heavy atom. The molecule has 2 aromatic rings. The zero-order valence-corrected chi connectivity index (χ0v) is 26.1. The van der Waals surface area contributed by atoms with Gasteiger partial charge in [0.2, 0.25) is 5.91 Å². The second-order valence-electron chi connectivity index (χ2n) is 13.3. The number of nitrogens with zero attached hydrogens (tertiary/aromatic N) is 4. The molecular formula is C30H44N4O5Si. The second-order valence-corrected chi connectivity index (χ2v) is 18.1. The average Bonchev–Trinajstić information content (AvgIpc) is 3.70. The Morgan fingerprint density at radius 1 is 1.02 bits per heavy atom. The lowest BCUT2D eigenvalue weighted by Gasteiger charge is -2.44. The maximum absolute atomic E-state index is 13.6. The molecule has 1 aromatic carbocycles. The van der Waals surface area contributed by atoms with Crippen LogP contribution >= 0.6 is 0 Å². The van der Waals surface area contributed by atoms with Crippen LogP contribution in [0.5, 0.6) is 0 Å². The summed E-state index contributed by atoms with van der Waals surface area (Å²) >= 11 is 0. The lowest BCUT2D eigenvalue weighted by molar-refractivity contribution is -0.138. The summed E-state index contributed by atoms with van der Waals surface area (Å²) in [6.45, 7) is 12.4. The highest BCUT2D eigenvalue weighted by molar-refractivity contribution is 6.74. The molecule has 2 saturated carbocycles. The molecule has 1 aromatic heterocycles. The molecule has 0 atom stereocenters. The summed E-state index contributed by atoms with van der Waals surface area (Å²) in [5.74, 6) is -0.0999. The zero-order valence-electron chi connectivity index (χ0n) is 25.1. The van der Waals surface area contributed by atoms with E-state index in [-0.39, 0.29) is 41.4 Å². The van der Waals surface area contributed by atoms with E-state index in [1.807, 2.05) is 17.0 Å². The second kappa shape index (κ2) is 10.6. The SMILES string of the molecule is COC(=O)c1cc(C2CC2)cc2c1nc(C(=O)N1CCN([C@H]3CC[C@H](O[Si](C)(C)C(C)(C)C)CC3)C(=O)C1)n2C. The summed E-state index contributed by atoms with van der Waals surface area (Å²) < 4.78 is 13.4. The fraction of sp³-hybridized carbons (Fsp3) is 0.667. The molecule has 5 rings (SSSR count). The summed E-state index contributed by atoms with van der Waals surface area (Å²) in [5, 5.41) is 0.183. The van der Waals surface area contributed by atoms with E-state index < -0.39 is 14.3 Å². The largest absolute Gasteiger partial charge is 0.465 e. The number of aromatic nitrogens is 2. The number of carbonyl (C=O) groups is 3. The maximum Gasteiger partial charge on any atom is 0.340 e. The summed E-state index contributed by atoms with van der Waals surface area (Å²) in [6, 6.07) is 4.07. The third-order valence-electron chi connectivity index (χ3n) is 9.55. The van der Waals surface area contributed by atoms with Gasteiger partial charge < -0.3 is 23.5 Å². The summed E-state index contributed by atoms with van der Waals surface area (Å²) in [4.78, 5) is 47.6. The minimum atomic E-state index is -1.81. The lowest BCUT2D eigenvalue weighted by Crippen LogP contribution is -2.56. The molecule has 0 radical (unpaired) electrons. The highest BCUT2D eigenvalue weighted by Gasteiger charge is 2.41. The van der Waals surface area contributed by atoms with Gasteiger partial charge >= 0.3 is 5.97 Å². The van der Waals surface area contributed by atoms with Crippen LogP contribution in [0.3, 0.4) is 0 Å². The summed E-state index contributed by atoms with van der Waals surface area (Å²) in [5.41, 5.74) is 2.65. The molecule has 0 N–H and O–H groups in total. The summed E-state index contributed by atoms with van der Waals surface area (Å²) in [7, 11) is 1.33. The number of piperazine rings is 1. The summed E-state index contributed by atoms with van der Waals surface area (Å²) in [6.07, 6.45) is 6.25. The Hall–Kier alpha value is -2.72. The Bertz CT molecular complexity index is 1320. The molecule has 0 bridgehead atoms. The van der Waals surface area contributed by atoms with E-state index in [9.17, 15) is 14.4 Å². The van der Waals surface area contributed by atoms with Crippen molar-refractivity contribution in [1.29, 1.82) is 0 Å². The Labute approximate surface area is 238 Å². The number of hydrogen-bond acceptors (Lipinski definition) is 6. The van der Waals surface area contributed by atoms with Crippen molar-refractivity contribution in [1.82, 2.24) is 19.4 Å². The van der Waals surface area contributed by atoms with E-state index in [0.29, 0.717) is 30.1 Å². The molecule has 218 valence electrons. The van der Waals surface area contributed by atoms with Crippen molar-refractivity contribution in [3.63, 3.8) is 0 Å². The van der Waals surface area contributed by atoms with E-state index in [0.717, 1.165) is 49.6 Å². The molecule has 1 saturated heterocycles. The quantitative estimate of drug-likeness (QED) is 0.365. The first-order valence-corrected chi connectivity index (χ1v) is 17.6. The molecule has 0 unspecified atom stereocenters. The average molecular weight is 569 g/mol. The first-order valence-electron chi connectivity index (χ1n) is 14.7. The van der Waals surface area contributed by atoms with Crippen LogP contribution in [0.25, 0.3) is 11.0 Å². The van der Waals surface area contributed by atoms with Crippen LogP contribution in [0.4, 0.5) is 0 Å². The molecule has 2 aliphatic carbocycles. The number of fused-ring (bicyclic) bond motifs is 1. The van der Waals surface area contributed by atoms with Gasteiger partial charge in [-0.2, -0.15) is 0 Å². The monoisotopic (exact) mass is 568 g/mol. The van der Waals surface area contributed by atoms with Crippen molar-refractivity contribution in [3.8, 4) is 0 Å². The van der Waals surface area contributed by atoms with Crippen LogP contribution in [0.2, 0.25) is 18.1 Å². The minimum Gasteiger partial charge on any atom is -0.465 e. The number of hydrogen-bond donors (Lipinski definition) is 0. The van der Waals surface area contributed by atoms with Crippen LogP contribution in [-0.2, 0) is 21.0 Å². The number of methoxy groups -OCH3 is 1. The van der Waals surface area contributed by atoms with E-state index >= 15 is 0 Å². The number of esters is 1. The van der Waals surface area contributed by atoms with Gasteiger partial charge in [0.15, 0.2) is 14.1 Å². The zero-order chi connectivity index (χ0) is 29.0. The van der Waals surface area contributed by atoms with Gasteiger partial charge in [-0.15, -0.1) is 0 Å². The molecule has 9 nitrogen and oxygen atoms in total. The van der Waals surface area contributed by atoms with Crippen LogP contribution in [0.15, 0.2) is 12.1 Å². The van der Waals surface area contributed by atoms with Crippen molar-refractivity contribution in [2.75, 3.05) is 26.7 Å². The van der Waals surface area contributed by atoms with Gasteiger partial charge in [-0.3, -0.25) is 9.59 Å². The smallest absolute Gasteiger partial charge is 0.340 e. The molecule has 3 fully saturated rings. The van der Waals surface area contributed by atoms with Crippen LogP contribution in [0.1, 0.15) is 91.8 Å². The number of ether oxygens (including phenoxy) is 1. The Morgan fingerprint density at radius 3 is 2.27 bits per heavy atom. The topological polar surface area (TPSA) is 94.0 Å². The first-order chi connectivity index (χ1) is 18.8. The number of carbonyl (C=O) groups excluding carboxylic acids is 3. The molecule has 3 aliphatic rings. The van der Waals surface area contributed by atoms with Crippen LogP contribution < -0.4 is 0 Å². The van der Waals surface area contributed by atoms with Crippen molar-refractivity contribution in [2.24, 2.45) is 7.05 Å². The standard InChI is InChI=1S/C30H44N4O5Si/c1-30(2,3)40(6,7)39-22-12-10-21(11-13-22)34-15-14-33(18-25(34)35)28(36)27-31-26-23(29(37)38-5)16-20(19-8-9-19)17-24(26)32(27)4/h16-17,19,21-22H,8-15,18H2,1-7H3/t21-,22-. The molecule has 2 amide bonds. The molecule has 10 heteroatoms. The molecule has 1 aliphatic heterocycles. The predicted octanol–water partition coefficient (Wildman–Crippen LogP) is 4.85. The van der Waals surface area contributed by atoms with Gasteiger partial charge in [0.1, 0.15) is 12.1 Å². The number of amides is 2. The fourth-order valence-corrected chi connectivity index (χ4v) is 7.30. The minimum absolute atomic E-state index is 0.0154. The first kappa shape index (κ1) is 28.8. The van der Waals surface area contributed by atoms with Crippen LogP contribution in [-0.4, -0.2) is 84.3 Å². The van der Waals surface area contributed by atoms with Gasteiger partial charge in [-0.25, -0.2) is 9.78 Å². The van der Waals surface area contributed by atoms with Crippen LogP contribution in [0, 0.1) is 0 Å². The number of benzene rings is 1. The molecule has 40 heavy (non-hydrogen) atoms. The third kappa shape index (κ3) is 5.44. The Kier molecular flexibility index (Phi) is 7.63. The number of aryl methyl sites for hydroxylation is 1. The van der Waals surface area contributed by atoms with E-state index in [1.54, 1.807) is 16.5 Å². The van der Waals surface area contributed by atoms with Gasteiger partial charge in [-0.05, 0) is 80.3 Å². The Balaban J connectivity index is 1.25. The number of imidazole rings is 1. The van der Waals surface area contributed by atoms with Crippen molar-refractivity contribution in [2.45, 2.75) is 95.5 Å². The number of rotatable bonds is 6. The molecule has 0 spiro atoms. The van der Waals surface area contributed by atoms with Crippen molar-refractivity contribution < 1.29 is 23.5 Å². The third-order valence-corrected chi connectivity index (χ3v) is 14.1. The normalized spacial score (nSPS) is 22.6. The molecule has 2 heterocycles. The van der Waals surface area contributed by atoms with E-state index in [1.165, 1.54) is 7.11 Å². The van der Waals surface area contributed by atoms with Crippen molar-refractivity contribution in [3.05, 3.63) is 29.1 Å². The highest BCUT2D eigenvalue weighted by atomic mass is 28.4.